The van der Waals surface area contributed by atoms with Gasteiger partial charge < -0.3 is 29.2 Å². The van der Waals surface area contributed by atoms with Crippen molar-refractivity contribution in [1.82, 2.24) is 9.97 Å². The van der Waals surface area contributed by atoms with Gasteiger partial charge in [0.2, 0.25) is 5.95 Å². The second-order valence-corrected chi connectivity index (χ2v) is 9.69. The van der Waals surface area contributed by atoms with Crippen molar-refractivity contribution in [1.29, 1.82) is 0 Å². The number of carbonyl (C=O) groups is 2. The number of nitrogens with one attached hydrogen (secondary N) is 1. The minimum atomic E-state index is -1.01. The molecule has 4 aromatic rings. The standard InChI is InChI=1S/C29H27ClN4O6/c1-33(2)16-8-6-15(7-9-16)25-24(26(35)18-13-19(30)23(40-5)14-22(18)39-4)27(36)28(37)34(25)29-31-20-11-10-17(38-3)12-21(20)32-29/h6-14,25,35H,1-5H3,(H,31,32)/b26-24+. The molecule has 3 aromatic carbocycles. The lowest BCUT2D eigenvalue weighted by molar-refractivity contribution is -0.132. The minimum Gasteiger partial charge on any atom is -0.507 e. The summed E-state index contributed by atoms with van der Waals surface area (Å²) in [7, 11) is 8.23. The topological polar surface area (TPSA) is 117 Å². The third-order valence-electron chi connectivity index (χ3n) is 6.80. The van der Waals surface area contributed by atoms with E-state index in [1.54, 1.807) is 37.4 Å². The van der Waals surface area contributed by atoms with Gasteiger partial charge in [0.15, 0.2) is 0 Å². The van der Waals surface area contributed by atoms with Gasteiger partial charge >= 0.3 is 5.91 Å². The number of amides is 1. The first-order valence-electron chi connectivity index (χ1n) is 12.2. The Balaban J connectivity index is 1.74. The van der Waals surface area contributed by atoms with Crippen molar-refractivity contribution >= 4 is 51.7 Å². The highest BCUT2D eigenvalue weighted by Gasteiger charge is 2.48. The van der Waals surface area contributed by atoms with Crippen LogP contribution in [0.5, 0.6) is 17.2 Å². The number of ether oxygens (including phenoxy) is 3. The van der Waals surface area contributed by atoms with Crippen molar-refractivity contribution in [2.75, 3.05) is 45.2 Å². The summed E-state index contributed by atoms with van der Waals surface area (Å²) in [5.74, 6) is -0.901. The molecule has 0 aliphatic carbocycles. The number of fused-ring (bicyclic) bond motifs is 1. The van der Waals surface area contributed by atoms with E-state index in [0.717, 1.165) is 5.69 Å². The van der Waals surface area contributed by atoms with Crippen LogP contribution < -0.4 is 24.0 Å². The Morgan fingerprint density at radius 2 is 1.68 bits per heavy atom. The number of methoxy groups -OCH3 is 3. The fourth-order valence-corrected chi connectivity index (χ4v) is 4.97. The molecular formula is C29H27ClN4O6. The van der Waals surface area contributed by atoms with E-state index in [2.05, 4.69) is 9.97 Å². The molecule has 2 heterocycles. The largest absolute Gasteiger partial charge is 0.507 e. The van der Waals surface area contributed by atoms with Crippen molar-refractivity contribution in [3.63, 3.8) is 0 Å². The molecule has 10 nitrogen and oxygen atoms in total. The average Bonchev–Trinajstić information content (AvgIpc) is 3.49. The SMILES string of the molecule is COc1ccc2nc(N3C(=O)C(=O)/C(=C(/O)c4cc(Cl)c(OC)cc4OC)C3c3ccc(N(C)C)cc3)[nH]c2c1. The van der Waals surface area contributed by atoms with Crippen LogP contribution in [0.2, 0.25) is 5.02 Å². The van der Waals surface area contributed by atoms with Gasteiger partial charge in [0.05, 0.1) is 54.6 Å². The number of nitrogens with zero attached hydrogens (tertiary/aromatic N) is 3. The summed E-state index contributed by atoms with van der Waals surface area (Å²) < 4.78 is 16.0. The molecule has 5 rings (SSSR count). The van der Waals surface area contributed by atoms with Gasteiger partial charge in [0, 0.05) is 31.9 Å². The van der Waals surface area contributed by atoms with Crippen molar-refractivity contribution in [2.45, 2.75) is 6.04 Å². The molecule has 40 heavy (non-hydrogen) atoms. The van der Waals surface area contributed by atoms with E-state index in [1.807, 2.05) is 31.1 Å². The molecule has 206 valence electrons. The number of aromatic amines is 1. The number of imidazole rings is 1. The highest BCUT2D eigenvalue weighted by molar-refractivity contribution is 6.51. The number of Topliss-reactive ketones (excluding diaryl/α,β-unsaturated/α-hetero) is 1. The fraction of sp³-hybridized carbons (Fsp3) is 0.207. The third-order valence-corrected chi connectivity index (χ3v) is 7.10. The van der Waals surface area contributed by atoms with E-state index in [0.29, 0.717) is 28.1 Å². The Kier molecular flexibility index (Phi) is 7.03. The van der Waals surface area contributed by atoms with Gasteiger partial charge in [-0.15, -0.1) is 0 Å². The highest BCUT2D eigenvalue weighted by Crippen LogP contribution is 2.44. The molecule has 1 aromatic heterocycles. The number of H-pyrrole nitrogens is 1. The van der Waals surface area contributed by atoms with Crippen LogP contribution in [0.3, 0.4) is 0 Å². The number of hydrogen-bond donors (Lipinski definition) is 2. The molecule has 0 spiro atoms. The van der Waals surface area contributed by atoms with Crippen LogP contribution >= 0.6 is 11.6 Å². The molecule has 0 saturated carbocycles. The number of aliphatic hydroxyl groups is 1. The van der Waals surface area contributed by atoms with Crippen LogP contribution in [0.1, 0.15) is 17.2 Å². The first-order chi connectivity index (χ1) is 19.2. The lowest BCUT2D eigenvalue weighted by Gasteiger charge is -2.24. The zero-order valence-corrected chi connectivity index (χ0v) is 23.2. The molecule has 0 bridgehead atoms. The minimum absolute atomic E-state index is 0.135. The number of benzene rings is 3. The molecular weight excluding hydrogens is 536 g/mol. The Labute approximate surface area is 235 Å². The smallest absolute Gasteiger partial charge is 0.302 e. The van der Waals surface area contributed by atoms with Gasteiger partial charge in [-0.1, -0.05) is 23.7 Å². The van der Waals surface area contributed by atoms with Crippen LogP contribution in [0.4, 0.5) is 11.6 Å². The summed E-state index contributed by atoms with van der Waals surface area (Å²) in [6.45, 7) is 0. The van der Waals surface area contributed by atoms with E-state index in [9.17, 15) is 14.7 Å². The first-order valence-corrected chi connectivity index (χ1v) is 12.6. The quantitative estimate of drug-likeness (QED) is 0.185. The molecule has 11 heteroatoms. The van der Waals surface area contributed by atoms with E-state index >= 15 is 0 Å². The van der Waals surface area contributed by atoms with Crippen LogP contribution in [-0.2, 0) is 9.59 Å². The molecule has 1 fully saturated rings. The lowest BCUT2D eigenvalue weighted by Crippen LogP contribution is -2.30. The maximum absolute atomic E-state index is 13.6. The van der Waals surface area contributed by atoms with Gasteiger partial charge in [-0.3, -0.25) is 14.5 Å². The monoisotopic (exact) mass is 562 g/mol. The predicted molar refractivity (Wildman–Crippen MR) is 153 cm³/mol. The number of halogens is 1. The van der Waals surface area contributed by atoms with Crippen LogP contribution in [0, 0.1) is 0 Å². The molecule has 1 unspecified atom stereocenters. The van der Waals surface area contributed by atoms with Gasteiger partial charge in [-0.25, -0.2) is 4.98 Å². The van der Waals surface area contributed by atoms with Gasteiger partial charge in [0.25, 0.3) is 5.78 Å². The zero-order chi connectivity index (χ0) is 28.7. The number of carbonyl (C=O) groups excluding carboxylic acids is 2. The average molecular weight is 563 g/mol. The molecule has 1 saturated heterocycles. The van der Waals surface area contributed by atoms with Crippen LogP contribution in [0.25, 0.3) is 16.8 Å². The Bertz CT molecular complexity index is 1660. The summed E-state index contributed by atoms with van der Waals surface area (Å²) in [4.78, 5) is 38.1. The molecule has 1 atom stereocenters. The van der Waals surface area contributed by atoms with Gasteiger partial charge in [-0.05, 0) is 35.9 Å². The summed E-state index contributed by atoms with van der Waals surface area (Å²) in [5, 5.41) is 11.8. The second kappa shape index (κ2) is 10.5. The lowest BCUT2D eigenvalue weighted by atomic mass is 9.94. The van der Waals surface area contributed by atoms with Gasteiger partial charge in [0.1, 0.15) is 23.0 Å². The number of rotatable bonds is 7. The van der Waals surface area contributed by atoms with E-state index in [1.165, 1.54) is 31.3 Å². The number of aromatic nitrogens is 2. The maximum Gasteiger partial charge on any atom is 0.302 e. The van der Waals surface area contributed by atoms with Crippen molar-refractivity contribution in [2.24, 2.45) is 0 Å². The number of anilines is 2. The zero-order valence-electron chi connectivity index (χ0n) is 22.5. The summed E-state index contributed by atoms with van der Waals surface area (Å²) in [6, 6.07) is 14.5. The molecule has 2 N–H and O–H groups in total. The maximum atomic E-state index is 13.6. The molecule has 1 amide bonds. The third kappa shape index (κ3) is 4.46. The van der Waals surface area contributed by atoms with E-state index in [4.69, 9.17) is 25.8 Å². The number of ketones is 1. The molecule has 1 aliphatic rings. The molecule has 1 aliphatic heterocycles. The number of hydrogen-bond acceptors (Lipinski definition) is 8. The van der Waals surface area contributed by atoms with Gasteiger partial charge in [-0.2, -0.15) is 0 Å². The van der Waals surface area contributed by atoms with Crippen LogP contribution in [-0.4, -0.2) is 62.2 Å². The molecule has 0 radical (unpaired) electrons. The van der Waals surface area contributed by atoms with E-state index in [-0.39, 0.29) is 27.9 Å². The highest BCUT2D eigenvalue weighted by atomic mass is 35.5. The summed E-state index contributed by atoms with van der Waals surface area (Å²) in [5.41, 5.74) is 2.68. The van der Waals surface area contributed by atoms with Crippen molar-refractivity contribution in [3.05, 3.63) is 76.3 Å². The normalized spacial score (nSPS) is 16.4. The Morgan fingerprint density at radius 3 is 2.30 bits per heavy atom. The fourth-order valence-electron chi connectivity index (χ4n) is 4.73. The number of aliphatic hydroxyl groups excluding tert-OH is 1. The second-order valence-electron chi connectivity index (χ2n) is 9.29. The van der Waals surface area contributed by atoms with E-state index < -0.39 is 23.5 Å². The summed E-state index contributed by atoms with van der Waals surface area (Å²) in [6.07, 6.45) is 0. The van der Waals surface area contributed by atoms with Crippen LogP contribution in [0.15, 0.2) is 60.2 Å². The first kappa shape index (κ1) is 26.9. The predicted octanol–water partition coefficient (Wildman–Crippen LogP) is 4.93. The van der Waals surface area contributed by atoms with Crippen molar-refractivity contribution in [3.8, 4) is 17.2 Å². The Hall–Kier alpha value is -4.70. The van der Waals surface area contributed by atoms with Crippen molar-refractivity contribution < 1.29 is 28.9 Å². The summed E-state index contributed by atoms with van der Waals surface area (Å²) >= 11 is 6.36. The Morgan fingerprint density at radius 1 is 0.975 bits per heavy atom.